The third-order valence-electron chi connectivity index (χ3n) is 3.34. The highest BCUT2D eigenvalue weighted by Crippen LogP contribution is 2.11. The van der Waals surface area contributed by atoms with Crippen molar-refractivity contribution < 1.29 is 14.3 Å². The van der Waals surface area contributed by atoms with E-state index in [4.69, 9.17) is 9.47 Å². The van der Waals surface area contributed by atoms with Gasteiger partial charge in [0.25, 0.3) is 0 Å². The summed E-state index contributed by atoms with van der Waals surface area (Å²) in [6, 6.07) is 7.95. The number of aliphatic imine (C=N–C) groups is 1. The van der Waals surface area contributed by atoms with Gasteiger partial charge in [-0.15, -0.1) is 0 Å². The molecule has 134 valence electrons. The molecule has 0 fully saturated rings. The fraction of sp³-hybridized carbons (Fsp3) is 0.529. The molecule has 7 nitrogen and oxygen atoms in total. The largest absolute Gasteiger partial charge is 0.497 e. The van der Waals surface area contributed by atoms with Gasteiger partial charge in [-0.05, 0) is 24.1 Å². The van der Waals surface area contributed by atoms with E-state index in [9.17, 15) is 4.79 Å². The Morgan fingerprint density at radius 3 is 2.38 bits per heavy atom. The number of nitrogens with one attached hydrogen (secondary N) is 2. The minimum atomic E-state index is -0.0435. The SMILES string of the molecule is COCCNC(=NCC(=O)N(C)C)NCCc1ccc(OC)cc1. The van der Waals surface area contributed by atoms with Gasteiger partial charge in [-0.2, -0.15) is 0 Å². The minimum absolute atomic E-state index is 0.0435. The molecule has 0 aliphatic heterocycles. The molecule has 0 radical (unpaired) electrons. The number of carbonyl (C=O) groups excluding carboxylic acids is 1. The van der Waals surface area contributed by atoms with Gasteiger partial charge in [-0.3, -0.25) is 4.79 Å². The molecule has 1 amide bonds. The summed E-state index contributed by atoms with van der Waals surface area (Å²) in [7, 11) is 6.73. The molecule has 0 spiro atoms. The number of nitrogens with zero attached hydrogens (tertiary/aromatic N) is 2. The van der Waals surface area contributed by atoms with E-state index in [2.05, 4.69) is 15.6 Å². The summed E-state index contributed by atoms with van der Waals surface area (Å²) < 4.78 is 10.2. The van der Waals surface area contributed by atoms with E-state index in [1.165, 1.54) is 10.5 Å². The highest BCUT2D eigenvalue weighted by molar-refractivity contribution is 5.84. The molecule has 0 atom stereocenters. The Bertz CT molecular complexity index is 515. The molecule has 0 aliphatic carbocycles. The number of hydrogen-bond acceptors (Lipinski definition) is 4. The number of ether oxygens (including phenoxy) is 2. The molecule has 0 aliphatic rings. The number of methoxy groups -OCH3 is 2. The lowest BCUT2D eigenvalue weighted by Gasteiger charge is -2.13. The molecule has 0 saturated carbocycles. The zero-order valence-electron chi connectivity index (χ0n) is 15.0. The first-order valence-electron chi connectivity index (χ1n) is 7.91. The lowest BCUT2D eigenvalue weighted by Crippen LogP contribution is -2.40. The Hall–Kier alpha value is -2.28. The maximum absolute atomic E-state index is 11.7. The maximum atomic E-state index is 11.7. The second-order valence-corrected chi connectivity index (χ2v) is 5.40. The molecule has 0 bridgehead atoms. The normalized spacial score (nSPS) is 11.1. The molecule has 0 unspecified atom stereocenters. The van der Waals surface area contributed by atoms with Gasteiger partial charge in [0.1, 0.15) is 12.3 Å². The molecular weight excluding hydrogens is 308 g/mol. The van der Waals surface area contributed by atoms with E-state index in [0.29, 0.717) is 25.7 Å². The standard InChI is InChI=1S/C17H28N4O3/c1-21(2)16(22)13-20-17(19-11-12-23-3)18-10-9-14-5-7-15(24-4)8-6-14/h5-8H,9-13H2,1-4H3,(H2,18,19,20). The first-order valence-corrected chi connectivity index (χ1v) is 7.91. The number of guanidine groups is 1. The van der Waals surface area contributed by atoms with Crippen molar-refractivity contribution in [2.24, 2.45) is 4.99 Å². The van der Waals surface area contributed by atoms with Crippen LogP contribution in [0.5, 0.6) is 5.75 Å². The molecular formula is C17H28N4O3. The summed E-state index contributed by atoms with van der Waals surface area (Å²) >= 11 is 0. The fourth-order valence-electron chi connectivity index (χ4n) is 1.85. The average molecular weight is 336 g/mol. The van der Waals surface area contributed by atoms with E-state index in [0.717, 1.165) is 12.2 Å². The summed E-state index contributed by atoms with van der Waals surface area (Å²) in [5.41, 5.74) is 1.20. The zero-order valence-corrected chi connectivity index (χ0v) is 15.0. The quantitative estimate of drug-likeness (QED) is 0.390. The monoisotopic (exact) mass is 336 g/mol. The van der Waals surface area contributed by atoms with Crippen LogP contribution in [0, 0.1) is 0 Å². The van der Waals surface area contributed by atoms with Crippen LogP contribution in [0.4, 0.5) is 0 Å². The molecule has 24 heavy (non-hydrogen) atoms. The van der Waals surface area contributed by atoms with Crippen LogP contribution in [0.3, 0.4) is 0 Å². The smallest absolute Gasteiger partial charge is 0.243 e. The van der Waals surface area contributed by atoms with E-state index < -0.39 is 0 Å². The van der Waals surface area contributed by atoms with Crippen molar-refractivity contribution in [2.75, 3.05) is 54.6 Å². The Labute approximate surface area is 144 Å². The maximum Gasteiger partial charge on any atom is 0.243 e. The van der Waals surface area contributed by atoms with Gasteiger partial charge >= 0.3 is 0 Å². The van der Waals surface area contributed by atoms with Crippen LogP contribution >= 0.6 is 0 Å². The van der Waals surface area contributed by atoms with Gasteiger partial charge in [0.15, 0.2) is 5.96 Å². The second kappa shape index (κ2) is 11.3. The number of rotatable bonds is 9. The van der Waals surface area contributed by atoms with Gasteiger partial charge in [0.2, 0.25) is 5.91 Å². The number of carbonyl (C=O) groups is 1. The highest BCUT2D eigenvalue weighted by atomic mass is 16.5. The molecule has 1 rings (SSSR count). The topological polar surface area (TPSA) is 75.2 Å². The van der Waals surface area contributed by atoms with Crippen molar-refractivity contribution in [1.82, 2.24) is 15.5 Å². The summed E-state index contributed by atoms with van der Waals surface area (Å²) in [5.74, 6) is 1.41. The summed E-state index contributed by atoms with van der Waals surface area (Å²) in [4.78, 5) is 17.5. The molecule has 2 N–H and O–H groups in total. The van der Waals surface area contributed by atoms with Gasteiger partial charge < -0.3 is 25.0 Å². The van der Waals surface area contributed by atoms with Gasteiger partial charge in [-0.25, -0.2) is 4.99 Å². The predicted molar refractivity (Wildman–Crippen MR) is 95.6 cm³/mol. The fourth-order valence-corrected chi connectivity index (χ4v) is 1.85. The van der Waals surface area contributed by atoms with E-state index in [1.807, 2.05) is 24.3 Å². The van der Waals surface area contributed by atoms with Gasteiger partial charge in [0, 0.05) is 34.3 Å². The van der Waals surface area contributed by atoms with Gasteiger partial charge in [-0.1, -0.05) is 12.1 Å². The predicted octanol–water partition coefficient (Wildman–Crippen LogP) is 0.508. The Morgan fingerprint density at radius 1 is 1.12 bits per heavy atom. The Kier molecular flexibility index (Phi) is 9.29. The van der Waals surface area contributed by atoms with Crippen molar-refractivity contribution in [2.45, 2.75) is 6.42 Å². The zero-order chi connectivity index (χ0) is 17.8. The summed E-state index contributed by atoms with van der Waals surface area (Å²) in [6.45, 7) is 2.01. The van der Waals surface area contributed by atoms with Crippen LogP contribution in [0.2, 0.25) is 0 Å². The number of amides is 1. The van der Waals surface area contributed by atoms with Crippen LogP contribution in [0.25, 0.3) is 0 Å². The van der Waals surface area contributed by atoms with Crippen LogP contribution in [-0.2, 0) is 16.0 Å². The third-order valence-corrected chi connectivity index (χ3v) is 3.34. The lowest BCUT2D eigenvalue weighted by molar-refractivity contribution is -0.127. The Morgan fingerprint density at radius 2 is 1.79 bits per heavy atom. The first kappa shape index (κ1) is 19.8. The molecule has 0 aromatic heterocycles. The average Bonchev–Trinajstić information content (AvgIpc) is 2.59. The van der Waals surface area contributed by atoms with Gasteiger partial charge in [0.05, 0.1) is 13.7 Å². The number of benzene rings is 1. The van der Waals surface area contributed by atoms with E-state index in [1.54, 1.807) is 28.3 Å². The van der Waals surface area contributed by atoms with Crippen molar-refractivity contribution >= 4 is 11.9 Å². The number of hydrogen-bond donors (Lipinski definition) is 2. The molecule has 0 saturated heterocycles. The Balaban J connectivity index is 2.50. The van der Waals surface area contributed by atoms with Crippen LogP contribution in [-0.4, -0.2) is 71.3 Å². The van der Waals surface area contributed by atoms with E-state index >= 15 is 0 Å². The minimum Gasteiger partial charge on any atom is -0.497 e. The number of likely N-dealkylation sites (N-methyl/N-ethyl adjacent to an activating group) is 1. The van der Waals surface area contributed by atoms with Crippen molar-refractivity contribution in [3.05, 3.63) is 29.8 Å². The van der Waals surface area contributed by atoms with Crippen molar-refractivity contribution in [3.8, 4) is 5.75 Å². The van der Waals surface area contributed by atoms with Crippen LogP contribution in [0.1, 0.15) is 5.56 Å². The molecule has 0 heterocycles. The van der Waals surface area contributed by atoms with Crippen LogP contribution in [0.15, 0.2) is 29.3 Å². The summed E-state index contributed by atoms with van der Waals surface area (Å²) in [6.07, 6.45) is 0.844. The molecule has 1 aromatic rings. The van der Waals surface area contributed by atoms with Crippen LogP contribution < -0.4 is 15.4 Å². The molecule has 1 aromatic carbocycles. The lowest BCUT2D eigenvalue weighted by atomic mass is 10.1. The molecule has 7 heteroatoms. The highest BCUT2D eigenvalue weighted by Gasteiger charge is 2.04. The van der Waals surface area contributed by atoms with Crippen molar-refractivity contribution in [3.63, 3.8) is 0 Å². The van der Waals surface area contributed by atoms with E-state index in [-0.39, 0.29) is 12.5 Å². The first-order chi connectivity index (χ1) is 11.6. The van der Waals surface area contributed by atoms with Crippen molar-refractivity contribution in [1.29, 1.82) is 0 Å². The second-order valence-electron chi connectivity index (χ2n) is 5.40. The summed E-state index contributed by atoms with van der Waals surface area (Å²) in [5, 5.41) is 6.37. The third kappa shape index (κ3) is 7.82.